The maximum atomic E-state index is 12.9. The third-order valence-corrected chi connectivity index (χ3v) is 6.07. The lowest BCUT2D eigenvalue weighted by atomic mass is 10.1. The van der Waals surface area contributed by atoms with Gasteiger partial charge in [-0.25, -0.2) is 4.98 Å². The highest BCUT2D eigenvalue weighted by molar-refractivity contribution is 7.98. The number of hydrogen-bond acceptors (Lipinski definition) is 6. The van der Waals surface area contributed by atoms with Crippen LogP contribution >= 0.6 is 11.8 Å². The van der Waals surface area contributed by atoms with E-state index < -0.39 is 0 Å². The molecule has 29 heavy (non-hydrogen) atoms. The van der Waals surface area contributed by atoms with E-state index in [1.165, 1.54) is 0 Å². The fourth-order valence-corrected chi connectivity index (χ4v) is 4.17. The molecule has 0 unspecified atom stereocenters. The molecule has 2 aromatic heterocycles. The highest BCUT2D eigenvalue weighted by atomic mass is 32.2. The standard InChI is InChI=1S/C21H25N5O2S/c1-15-19(16(2)28-23-15)14-24-10-12-25(13-11-24)20(27)17-4-6-18(7-5-17)26-9-8-22-21(26)29-3/h4-9H,10-14H2,1-3H3. The molecule has 1 aliphatic rings. The number of carbonyl (C=O) groups is 1. The maximum Gasteiger partial charge on any atom is 0.253 e. The van der Waals surface area contributed by atoms with E-state index in [4.69, 9.17) is 4.52 Å². The lowest BCUT2D eigenvalue weighted by molar-refractivity contribution is 0.0627. The molecule has 3 aromatic rings. The Morgan fingerprint density at radius 3 is 2.48 bits per heavy atom. The van der Waals surface area contributed by atoms with Crippen LogP contribution in [0.15, 0.2) is 46.3 Å². The molecule has 3 heterocycles. The topological polar surface area (TPSA) is 67.4 Å². The Morgan fingerprint density at radius 2 is 1.86 bits per heavy atom. The molecule has 7 nitrogen and oxygen atoms in total. The van der Waals surface area contributed by atoms with E-state index in [0.717, 1.165) is 66.1 Å². The van der Waals surface area contributed by atoms with Crippen molar-refractivity contribution >= 4 is 17.7 Å². The number of aryl methyl sites for hydroxylation is 2. The number of hydrogen-bond donors (Lipinski definition) is 0. The average Bonchev–Trinajstić information content (AvgIpc) is 3.36. The number of nitrogens with zero attached hydrogens (tertiary/aromatic N) is 5. The molecule has 0 bridgehead atoms. The predicted octanol–water partition coefficient (Wildman–Crippen LogP) is 3.16. The second kappa shape index (κ2) is 8.42. The van der Waals surface area contributed by atoms with E-state index in [9.17, 15) is 4.79 Å². The van der Waals surface area contributed by atoms with Gasteiger partial charge in [-0.3, -0.25) is 14.3 Å². The van der Waals surface area contributed by atoms with E-state index in [1.54, 1.807) is 18.0 Å². The van der Waals surface area contributed by atoms with Crippen molar-refractivity contribution < 1.29 is 9.32 Å². The van der Waals surface area contributed by atoms with Gasteiger partial charge in [0.25, 0.3) is 5.91 Å². The third kappa shape index (κ3) is 4.09. The zero-order chi connectivity index (χ0) is 20.4. The summed E-state index contributed by atoms with van der Waals surface area (Å²) in [5.74, 6) is 0.966. The number of rotatable bonds is 5. The number of imidazole rings is 1. The first-order valence-corrected chi connectivity index (χ1v) is 10.9. The van der Waals surface area contributed by atoms with E-state index in [0.29, 0.717) is 0 Å². The first-order valence-electron chi connectivity index (χ1n) is 9.68. The summed E-state index contributed by atoms with van der Waals surface area (Å²) in [6, 6.07) is 7.75. The van der Waals surface area contributed by atoms with Gasteiger partial charge in [0, 0.05) is 61.9 Å². The molecule has 1 saturated heterocycles. The van der Waals surface area contributed by atoms with Gasteiger partial charge in [-0.05, 0) is 44.4 Å². The summed E-state index contributed by atoms with van der Waals surface area (Å²) in [6.45, 7) is 7.89. The summed E-state index contributed by atoms with van der Waals surface area (Å²) >= 11 is 1.60. The Hall–Kier alpha value is -2.58. The van der Waals surface area contributed by atoms with E-state index in [1.807, 2.05) is 60.0 Å². The van der Waals surface area contributed by atoms with Gasteiger partial charge in [0.15, 0.2) is 5.16 Å². The van der Waals surface area contributed by atoms with E-state index in [2.05, 4.69) is 15.0 Å². The van der Waals surface area contributed by atoms with Crippen LogP contribution in [0.4, 0.5) is 0 Å². The Kier molecular flexibility index (Phi) is 5.73. The molecule has 0 saturated carbocycles. The summed E-state index contributed by atoms with van der Waals surface area (Å²) in [6.07, 6.45) is 5.72. The van der Waals surface area contributed by atoms with Crippen LogP contribution in [0.3, 0.4) is 0 Å². The van der Waals surface area contributed by atoms with Crippen LogP contribution in [0.25, 0.3) is 5.69 Å². The van der Waals surface area contributed by atoms with Crippen molar-refractivity contribution in [2.45, 2.75) is 25.5 Å². The molecule has 0 N–H and O–H groups in total. The van der Waals surface area contributed by atoms with Crippen molar-refractivity contribution in [1.82, 2.24) is 24.5 Å². The molecular weight excluding hydrogens is 386 g/mol. The van der Waals surface area contributed by atoms with Crippen LogP contribution in [0.1, 0.15) is 27.4 Å². The SMILES string of the molecule is CSc1nccn1-c1ccc(C(=O)N2CCN(Cc3c(C)noc3C)CC2)cc1. The lowest BCUT2D eigenvalue weighted by Crippen LogP contribution is -2.48. The number of benzene rings is 1. The first kappa shape index (κ1) is 19.7. The highest BCUT2D eigenvalue weighted by Crippen LogP contribution is 2.20. The fourth-order valence-electron chi connectivity index (χ4n) is 3.64. The fraction of sp³-hybridized carbons (Fsp3) is 0.381. The second-order valence-electron chi connectivity index (χ2n) is 7.20. The second-order valence-corrected chi connectivity index (χ2v) is 7.98. The van der Waals surface area contributed by atoms with Crippen LogP contribution in [-0.4, -0.2) is 62.8 Å². The monoisotopic (exact) mass is 411 g/mol. The molecule has 1 aromatic carbocycles. The summed E-state index contributed by atoms with van der Waals surface area (Å²) in [7, 11) is 0. The molecule has 1 fully saturated rings. The number of thioether (sulfide) groups is 1. The van der Waals surface area contributed by atoms with Gasteiger partial charge < -0.3 is 9.42 Å². The first-order chi connectivity index (χ1) is 14.1. The van der Waals surface area contributed by atoms with E-state index >= 15 is 0 Å². The smallest absolute Gasteiger partial charge is 0.253 e. The zero-order valence-corrected chi connectivity index (χ0v) is 17.8. The van der Waals surface area contributed by atoms with Crippen LogP contribution in [0.2, 0.25) is 0 Å². The Morgan fingerprint density at radius 1 is 1.14 bits per heavy atom. The minimum Gasteiger partial charge on any atom is -0.361 e. The molecule has 0 spiro atoms. The molecule has 0 atom stereocenters. The Bertz CT molecular complexity index is 967. The van der Waals surface area contributed by atoms with Crippen molar-refractivity contribution in [1.29, 1.82) is 0 Å². The quantitative estimate of drug-likeness (QED) is 0.601. The molecule has 152 valence electrons. The van der Waals surface area contributed by atoms with Crippen LogP contribution in [-0.2, 0) is 6.54 Å². The average molecular weight is 412 g/mol. The van der Waals surface area contributed by atoms with Crippen molar-refractivity contribution in [3.8, 4) is 5.69 Å². The molecule has 0 aliphatic carbocycles. The minimum absolute atomic E-state index is 0.0873. The van der Waals surface area contributed by atoms with Gasteiger partial charge in [-0.15, -0.1) is 0 Å². The number of carbonyl (C=O) groups excluding carboxylic acids is 1. The number of piperazine rings is 1. The molecule has 8 heteroatoms. The van der Waals surface area contributed by atoms with Gasteiger partial charge in [-0.1, -0.05) is 16.9 Å². The van der Waals surface area contributed by atoms with Crippen molar-refractivity contribution in [2.75, 3.05) is 32.4 Å². The van der Waals surface area contributed by atoms with Gasteiger partial charge in [0.05, 0.1) is 5.69 Å². The third-order valence-electron chi connectivity index (χ3n) is 5.40. The van der Waals surface area contributed by atoms with Gasteiger partial charge in [-0.2, -0.15) is 0 Å². The number of amides is 1. The highest BCUT2D eigenvalue weighted by Gasteiger charge is 2.23. The van der Waals surface area contributed by atoms with Crippen molar-refractivity contribution in [2.24, 2.45) is 0 Å². The van der Waals surface area contributed by atoms with Gasteiger partial charge >= 0.3 is 0 Å². The normalized spacial score (nSPS) is 15.1. The molecule has 1 aliphatic heterocycles. The van der Waals surface area contributed by atoms with Crippen molar-refractivity contribution in [3.05, 3.63) is 59.2 Å². The van der Waals surface area contributed by atoms with E-state index in [-0.39, 0.29) is 5.91 Å². The number of aromatic nitrogens is 3. The Labute approximate surface area is 174 Å². The zero-order valence-electron chi connectivity index (χ0n) is 17.0. The summed E-state index contributed by atoms with van der Waals surface area (Å²) in [5.41, 5.74) is 3.83. The minimum atomic E-state index is 0.0873. The summed E-state index contributed by atoms with van der Waals surface area (Å²) in [5, 5.41) is 4.96. The lowest BCUT2D eigenvalue weighted by Gasteiger charge is -2.34. The Balaban J connectivity index is 1.37. The largest absolute Gasteiger partial charge is 0.361 e. The van der Waals surface area contributed by atoms with Crippen LogP contribution in [0.5, 0.6) is 0 Å². The molecule has 4 rings (SSSR count). The maximum absolute atomic E-state index is 12.9. The van der Waals surface area contributed by atoms with Crippen LogP contribution < -0.4 is 0 Å². The molecular formula is C21H25N5O2S. The van der Waals surface area contributed by atoms with Crippen LogP contribution in [0, 0.1) is 13.8 Å². The predicted molar refractivity (Wildman–Crippen MR) is 113 cm³/mol. The molecule has 1 amide bonds. The summed E-state index contributed by atoms with van der Waals surface area (Å²) in [4.78, 5) is 21.5. The van der Waals surface area contributed by atoms with Gasteiger partial charge in [0.2, 0.25) is 0 Å². The molecule has 0 radical (unpaired) electrons. The van der Waals surface area contributed by atoms with Crippen molar-refractivity contribution in [3.63, 3.8) is 0 Å². The van der Waals surface area contributed by atoms with Gasteiger partial charge in [0.1, 0.15) is 5.76 Å². The summed E-state index contributed by atoms with van der Waals surface area (Å²) < 4.78 is 7.28.